The van der Waals surface area contributed by atoms with Crippen LogP contribution in [0.25, 0.3) is 0 Å². The number of hydrogen-bond acceptors (Lipinski definition) is 2. The van der Waals surface area contributed by atoms with Crippen molar-refractivity contribution in [1.29, 1.82) is 0 Å². The minimum Gasteiger partial charge on any atom is -0.212 e. The van der Waals surface area contributed by atoms with Crippen LogP contribution in [0.2, 0.25) is 0 Å². The molecule has 2 saturated carbocycles. The first kappa shape index (κ1) is 17.0. The molecule has 23 heavy (non-hydrogen) atoms. The molecular weight excluding hydrogens is 306 g/mol. The van der Waals surface area contributed by atoms with Crippen LogP contribution >= 0.6 is 0 Å². The quantitative estimate of drug-likeness (QED) is 0.860. The Bertz CT molecular complexity index is 599. The summed E-state index contributed by atoms with van der Waals surface area (Å²) in [6.07, 6.45) is 7.84. The molecule has 0 amide bonds. The number of rotatable bonds is 6. The molecule has 0 aromatic heterocycles. The van der Waals surface area contributed by atoms with Gasteiger partial charge in [-0.1, -0.05) is 43.7 Å². The molecule has 0 spiro atoms. The van der Waals surface area contributed by atoms with Crippen LogP contribution < -0.4 is 4.72 Å². The van der Waals surface area contributed by atoms with E-state index in [4.69, 9.17) is 0 Å². The van der Waals surface area contributed by atoms with Gasteiger partial charge in [0.1, 0.15) is 0 Å². The first-order valence-corrected chi connectivity index (χ1v) is 10.7. The van der Waals surface area contributed by atoms with Crippen molar-refractivity contribution in [2.24, 2.45) is 17.8 Å². The second kappa shape index (κ2) is 7.35. The van der Waals surface area contributed by atoms with E-state index >= 15 is 0 Å². The minimum absolute atomic E-state index is 0.168. The fourth-order valence-electron chi connectivity index (χ4n) is 4.51. The third-order valence-corrected chi connectivity index (χ3v) is 7.21. The van der Waals surface area contributed by atoms with E-state index in [1.807, 2.05) is 30.3 Å². The molecule has 1 aromatic carbocycles. The van der Waals surface area contributed by atoms with Crippen LogP contribution in [0.15, 0.2) is 30.3 Å². The van der Waals surface area contributed by atoms with E-state index in [-0.39, 0.29) is 11.8 Å². The van der Waals surface area contributed by atoms with Gasteiger partial charge in [0, 0.05) is 6.04 Å². The number of nitrogens with one attached hydrogen (secondary N) is 1. The van der Waals surface area contributed by atoms with Crippen molar-refractivity contribution in [2.45, 2.75) is 57.9 Å². The molecule has 0 aliphatic heterocycles. The van der Waals surface area contributed by atoms with Gasteiger partial charge in [-0.05, 0) is 61.8 Å². The summed E-state index contributed by atoms with van der Waals surface area (Å²) in [6.45, 7) is 2.27. The molecule has 4 heteroatoms. The molecule has 2 aliphatic rings. The molecule has 2 fully saturated rings. The van der Waals surface area contributed by atoms with E-state index in [9.17, 15) is 8.42 Å². The molecule has 128 valence electrons. The smallest absolute Gasteiger partial charge is 0.212 e. The van der Waals surface area contributed by atoms with Crippen molar-refractivity contribution in [3.8, 4) is 0 Å². The van der Waals surface area contributed by atoms with Crippen molar-refractivity contribution in [1.82, 2.24) is 4.72 Å². The van der Waals surface area contributed by atoms with E-state index in [0.29, 0.717) is 12.3 Å². The average molecular weight is 336 g/mol. The van der Waals surface area contributed by atoms with Gasteiger partial charge in [0.15, 0.2) is 0 Å². The highest BCUT2D eigenvalue weighted by Gasteiger charge is 2.38. The molecule has 1 N–H and O–H groups in total. The molecule has 2 bridgehead atoms. The predicted molar refractivity (Wildman–Crippen MR) is 94.7 cm³/mol. The molecule has 3 nitrogen and oxygen atoms in total. The lowest BCUT2D eigenvalue weighted by molar-refractivity contribution is 0.110. The Balaban J connectivity index is 1.57. The Labute approximate surface area is 140 Å². The van der Waals surface area contributed by atoms with Gasteiger partial charge in [-0.25, -0.2) is 13.1 Å². The second-order valence-electron chi connectivity index (χ2n) is 7.46. The molecular formula is C19H29NO2S. The monoisotopic (exact) mass is 335 g/mol. The Morgan fingerprint density at radius 2 is 1.87 bits per heavy atom. The zero-order chi connectivity index (χ0) is 16.3. The fraction of sp³-hybridized carbons (Fsp3) is 0.684. The lowest BCUT2D eigenvalue weighted by atomic mass is 9.65. The zero-order valence-corrected chi connectivity index (χ0v) is 14.9. The standard InChI is InChI=1S/C19H29NO2S/c1-2-15-12-17-8-9-19(18(13-15)14-17)20-23(21,22)11-10-16-6-4-3-5-7-16/h3-7,15,17-20H,2,8-14H2,1H3. The summed E-state index contributed by atoms with van der Waals surface area (Å²) in [5, 5.41) is 0. The summed E-state index contributed by atoms with van der Waals surface area (Å²) in [5.41, 5.74) is 1.09. The van der Waals surface area contributed by atoms with E-state index < -0.39 is 10.0 Å². The summed E-state index contributed by atoms with van der Waals surface area (Å²) in [5.74, 6) is 2.39. The second-order valence-corrected chi connectivity index (χ2v) is 9.34. The van der Waals surface area contributed by atoms with Crippen LogP contribution in [-0.2, 0) is 16.4 Å². The highest BCUT2D eigenvalue weighted by atomic mass is 32.2. The molecule has 1 aromatic rings. The van der Waals surface area contributed by atoms with Gasteiger partial charge in [0.05, 0.1) is 5.75 Å². The molecule has 0 heterocycles. The van der Waals surface area contributed by atoms with Crippen molar-refractivity contribution >= 4 is 10.0 Å². The van der Waals surface area contributed by atoms with Crippen molar-refractivity contribution in [3.05, 3.63) is 35.9 Å². The van der Waals surface area contributed by atoms with E-state index in [1.54, 1.807) is 0 Å². The fourth-order valence-corrected chi connectivity index (χ4v) is 5.90. The Morgan fingerprint density at radius 1 is 1.09 bits per heavy atom. The number of aryl methyl sites for hydroxylation is 1. The third-order valence-electron chi connectivity index (χ3n) is 5.80. The van der Waals surface area contributed by atoms with Crippen LogP contribution in [0.5, 0.6) is 0 Å². The molecule has 0 saturated heterocycles. The van der Waals surface area contributed by atoms with Gasteiger partial charge in [0.25, 0.3) is 0 Å². The summed E-state index contributed by atoms with van der Waals surface area (Å²) in [6, 6.07) is 10.0. The maximum Gasteiger partial charge on any atom is 0.212 e. The van der Waals surface area contributed by atoms with Crippen LogP contribution in [0.1, 0.15) is 51.0 Å². The molecule has 3 rings (SSSR count). The largest absolute Gasteiger partial charge is 0.212 e. The first-order chi connectivity index (χ1) is 11.1. The predicted octanol–water partition coefficient (Wildman–Crippen LogP) is 3.75. The number of hydrogen-bond donors (Lipinski definition) is 1. The molecule has 0 radical (unpaired) electrons. The van der Waals surface area contributed by atoms with Gasteiger partial charge in [0.2, 0.25) is 10.0 Å². The zero-order valence-electron chi connectivity index (χ0n) is 14.1. The SMILES string of the molecule is CCC1CC2CCC(NS(=O)(=O)CCc3ccccc3)C(C1)C2. The van der Waals surface area contributed by atoms with Crippen LogP contribution in [0.3, 0.4) is 0 Å². The topological polar surface area (TPSA) is 46.2 Å². The summed E-state index contributed by atoms with van der Waals surface area (Å²) in [7, 11) is -3.19. The molecule has 4 atom stereocenters. The van der Waals surface area contributed by atoms with Gasteiger partial charge in [-0.2, -0.15) is 0 Å². The van der Waals surface area contributed by atoms with Gasteiger partial charge in [-0.3, -0.25) is 0 Å². The summed E-state index contributed by atoms with van der Waals surface area (Å²) in [4.78, 5) is 0. The number of sulfonamides is 1. The summed E-state index contributed by atoms with van der Waals surface area (Å²) < 4.78 is 28.0. The third kappa shape index (κ3) is 4.57. The van der Waals surface area contributed by atoms with Gasteiger partial charge < -0.3 is 0 Å². The van der Waals surface area contributed by atoms with Crippen LogP contribution in [-0.4, -0.2) is 20.2 Å². The Hall–Kier alpha value is -0.870. The minimum atomic E-state index is -3.19. The Kier molecular flexibility index (Phi) is 5.42. The van der Waals surface area contributed by atoms with Crippen LogP contribution in [0, 0.1) is 17.8 Å². The highest BCUT2D eigenvalue weighted by Crippen LogP contribution is 2.43. The normalized spacial score (nSPS) is 31.0. The van der Waals surface area contributed by atoms with E-state index in [0.717, 1.165) is 23.8 Å². The first-order valence-electron chi connectivity index (χ1n) is 9.09. The lowest BCUT2D eigenvalue weighted by Gasteiger charge is -2.43. The van der Waals surface area contributed by atoms with Crippen molar-refractivity contribution in [3.63, 3.8) is 0 Å². The summed E-state index contributed by atoms with van der Waals surface area (Å²) >= 11 is 0. The maximum absolute atomic E-state index is 12.5. The number of fused-ring (bicyclic) bond motifs is 2. The van der Waals surface area contributed by atoms with Gasteiger partial charge in [-0.15, -0.1) is 0 Å². The Morgan fingerprint density at radius 3 is 2.61 bits per heavy atom. The molecule has 2 aliphatic carbocycles. The number of benzene rings is 1. The van der Waals surface area contributed by atoms with Crippen LogP contribution in [0.4, 0.5) is 0 Å². The van der Waals surface area contributed by atoms with Crippen molar-refractivity contribution < 1.29 is 8.42 Å². The molecule has 4 unspecified atom stereocenters. The highest BCUT2D eigenvalue weighted by molar-refractivity contribution is 7.89. The lowest BCUT2D eigenvalue weighted by Crippen LogP contribution is -2.47. The average Bonchev–Trinajstić information content (AvgIpc) is 2.56. The van der Waals surface area contributed by atoms with Gasteiger partial charge >= 0.3 is 0 Å². The van der Waals surface area contributed by atoms with E-state index in [2.05, 4.69) is 11.6 Å². The van der Waals surface area contributed by atoms with Crippen molar-refractivity contribution in [2.75, 3.05) is 5.75 Å². The van der Waals surface area contributed by atoms with E-state index in [1.165, 1.54) is 32.1 Å². The maximum atomic E-state index is 12.5.